The number of nitrogens with zero attached hydrogens (tertiary/aromatic N) is 1. The van der Waals surface area contributed by atoms with Gasteiger partial charge in [-0.05, 0) is 19.3 Å². The first-order valence-corrected chi connectivity index (χ1v) is 5.56. The zero-order valence-electron chi connectivity index (χ0n) is 9.75. The topological polar surface area (TPSA) is 37.4 Å². The highest BCUT2D eigenvalue weighted by atomic mass is 16.2. The molecule has 0 saturated heterocycles. The molecule has 1 aliphatic rings. The minimum atomic E-state index is -0.151. The minimum absolute atomic E-state index is 0.121. The van der Waals surface area contributed by atoms with Gasteiger partial charge in [0.15, 0.2) is 0 Å². The van der Waals surface area contributed by atoms with E-state index < -0.39 is 0 Å². The third kappa shape index (κ3) is 3.18. The maximum Gasteiger partial charge on any atom is 0.256 e. The average molecular weight is 209 g/mol. The molecule has 0 N–H and O–H groups in total. The quantitative estimate of drug-likeness (QED) is 0.514. The summed E-state index contributed by atoms with van der Waals surface area (Å²) in [7, 11) is 0. The maximum absolute atomic E-state index is 11.5. The molecule has 84 valence electrons. The Balaban J connectivity index is 2.29. The number of amides is 2. The van der Waals surface area contributed by atoms with Gasteiger partial charge in [-0.3, -0.25) is 14.5 Å². The van der Waals surface area contributed by atoms with Crippen molar-refractivity contribution in [3.8, 4) is 0 Å². The highest BCUT2D eigenvalue weighted by Gasteiger charge is 2.27. The van der Waals surface area contributed by atoms with Gasteiger partial charge >= 0.3 is 0 Å². The van der Waals surface area contributed by atoms with Gasteiger partial charge in [0.2, 0.25) is 0 Å². The summed E-state index contributed by atoms with van der Waals surface area (Å²) in [4.78, 5) is 24.2. The Labute approximate surface area is 91.1 Å². The van der Waals surface area contributed by atoms with Crippen LogP contribution in [-0.4, -0.2) is 23.3 Å². The lowest BCUT2D eigenvalue weighted by Crippen LogP contribution is -2.31. The predicted molar refractivity (Wildman–Crippen MR) is 59.2 cm³/mol. The fourth-order valence-electron chi connectivity index (χ4n) is 1.67. The molecule has 0 atom stereocenters. The van der Waals surface area contributed by atoms with Crippen LogP contribution in [0.1, 0.15) is 40.0 Å². The molecule has 1 rings (SSSR count). The third-order valence-electron chi connectivity index (χ3n) is 2.60. The standard InChI is InChI=1S/C12H19NO2/c1-9(2)6-4-5-7-13-11(14)8-10(3)12(13)15/h8-9H,4-7H2,1-3H3. The van der Waals surface area contributed by atoms with Crippen molar-refractivity contribution in [3.05, 3.63) is 11.6 Å². The minimum Gasteiger partial charge on any atom is -0.275 e. The van der Waals surface area contributed by atoms with Crippen molar-refractivity contribution in [2.75, 3.05) is 6.54 Å². The van der Waals surface area contributed by atoms with Gasteiger partial charge in [-0.1, -0.05) is 26.7 Å². The van der Waals surface area contributed by atoms with Crippen molar-refractivity contribution in [3.63, 3.8) is 0 Å². The van der Waals surface area contributed by atoms with Crippen LogP contribution >= 0.6 is 0 Å². The summed E-state index contributed by atoms with van der Waals surface area (Å²) in [5, 5.41) is 0. The van der Waals surface area contributed by atoms with Crippen LogP contribution in [0.15, 0.2) is 11.6 Å². The van der Waals surface area contributed by atoms with Gasteiger partial charge in [0, 0.05) is 18.2 Å². The molecular weight excluding hydrogens is 190 g/mol. The zero-order valence-corrected chi connectivity index (χ0v) is 9.75. The Kier molecular flexibility index (Phi) is 4.06. The van der Waals surface area contributed by atoms with E-state index in [1.54, 1.807) is 6.92 Å². The number of unbranched alkanes of at least 4 members (excludes halogenated alkanes) is 1. The fraction of sp³-hybridized carbons (Fsp3) is 0.667. The van der Waals surface area contributed by atoms with E-state index in [1.165, 1.54) is 11.0 Å². The molecule has 0 aromatic heterocycles. The first-order chi connectivity index (χ1) is 7.02. The van der Waals surface area contributed by atoms with Crippen molar-refractivity contribution in [1.82, 2.24) is 4.90 Å². The zero-order chi connectivity index (χ0) is 11.4. The van der Waals surface area contributed by atoms with Crippen LogP contribution in [0.3, 0.4) is 0 Å². The van der Waals surface area contributed by atoms with E-state index in [2.05, 4.69) is 13.8 Å². The lowest BCUT2D eigenvalue weighted by Gasteiger charge is -2.14. The Hall–Kier alpha value is -1.12. The molecule has 0 aliphatic carbocycles. The first kappa shape index (κ1) is 12.0. The molecule has 1 heterocycles. The molecule has 0 radical (unpaired) electrons. The van der Waals surface area contributed by atoms with Gasteiger partial charge in [-0.25, -0.2) is 0 Å². The Bertz CT molecular complexity index is 292. The van der Waals surface area contributed by atoms with Crippen LogP contribution in [-0.2, 0) is 9.59 Å². The number of hydrogen-bond acceptors (Lipinski definition) is 2. The van der Waals surface area contributed by atoms with Gasteiger partial charge in [-0.2, -0.15) is 0 Å². The van der Waals surface area contributed by atoms with Crippen molar-refractivity contribution in [2.24, 2.45) is 5.92 Å². The van der Waals surface area contributed by atoms with Crippen molar-refractivity contribution in [1.29, 1.82) is 0 Å². The highest BCUT2D eigenvalue weighted by Crippen LogP contribution is 2.14. The van der Waals surface area contributed by atoms with E-state index in [0.29, 0.717) is 18.0 Å². The van der Waals surface area contributed by atoms with Crippen molar-refractivity contribution < 1.29 is 9.59 Å². The van der Waals surface area contributed by atoms with Crippen LogP contribution in [0.5, 0.6) is 0 Å². The number of hydrogen-bond donors (Lipinski definition) is 0. The molecule has 0 spiro atoms. The second-order valence-corrected chi connectivity index (χ2v) is 4.51. The van der Waals surface area contributed by atoms with E-state index in [9.17, 15) is 9.59 Å². The monoisotopic (exact) mass is 209 g/mol. The van der Waals surface area contributed by atoms with Crippen LogP contribution in [0.2, 0.25) is 0 Å². The maximum atomic E-state index is 11.5. The number of imide groups is 1. The fourth-order valence-corrected chi connectivity index (χ4v) is 1.67. The van der Waals surface area contributed by atoms with Crippen molar-refractivity contribution in [2.45, 2.75) is 40.0 Å². The van der Waals surface area contributed by atoms with E-state index >= 15 is 0 Å². The normalized spacial score (nSPS) is 16.5. The molecule has 2 amide bonds. The summed E-state index contributed by atoms with van der Waals surface area (Å²) in [6.45, 7) is 6.61. The van der Waals surface area contributed by atoms with Gasteiger partial charge in [0.1, 0.15) is 0 Å². The number of carbonyl (C=O) groups is 2. The van der Waals surface area contributed by atoms with Crippen LogP contribution < -0.4 is 0 Å². The van der Waals surface area contributed by atoms with Gasteiger partial charge in [-0.15, -0.1) is 0 Å². The summed E-state index contributed by atoms with van der Waals surface area (Å²) in [5.74, 6) is 0.418. The van der Waals surface area contributed by atoms with E-state index in [0.717, 1.165) is 19.3 Å². The van der Waals surface area contributed by atoms with Crippen LogP contribution in [0.25, 0.3) is 0 Å². The van der Waals surface area contributed by atoms with Gasteiger partial charge in [0.05, 0.1) is 0 Å². The largest absolute Gasteiger partial charge is 0.275 e. The number of rotatable bonds is 5. The second-order valence-electron chi connectivity index (χ2n) is 4.51. The summed E-state index contributed by atoms with van der Waals surface area (Å²) in [6, 6.07) is 0. The van der Waals surface area contributed by atoms with Crippen molar-refractivity contribution >= 4 is 11.8 Å². The lowest BCUT2D eigenvalue weighted by molar-refractivity contribution is -0.137. The lowest BCUT2D eigenvalue weighted by atomic mass is 10.1. The molecule has 15 heavy (non-hydrogen) atoms. The average Bonchev–Trinajstić information content (AvgIpc) is 2.37. The first-order valence-electron chi connectivity index (χ1n) is 5.56. The molecular formula is C12H19NO2. The SMILES string of the molecule is CC1=CC(=O)N(CCCCC(C)C)C1=O. The van der Waals surface area contributed by atoms with E-state index in [-0.39, 0.29) is 11.8 Å². The molecule has 0 unspecified atom stereocenters. The summed E-state index contributed by atoms with van der Waals surface area (Å²) < 4.78 is 0. The predicted octanol–water partition coefficient (Wildman–Crippen LogP) is 2.13. The molecule has 0 fully saturated rings. The third-order valence-corrected chi connectivity index (χ3v) is 2.60. The highest BCUT2D eigenvalue weighted by molar-refractivity contribution is 6.15. The molecule has 1 aliphatic heterocycles. The Morgan fingerprint density at radius 2 is 1.93 bits per heavy atom. The summed E-state index contributed by atoms with van der Waals surface area (Å²) in [6.07, 6.45) is 4.57. The Morgan fingerprint density at radius 3 is 2.40 bits per heavy atom. The molecule has 3 nitrogen and oxygen atoms in total. The van der Waals surface area contributed by atoms with Crippen LogP contribution in [0, 0.1) is 5.92 Å². The molecule has 0 bridgehead atoms. The number of carbonyl (C=O) groups excluding carboxylic acids is 2. The molecule has 0 aromatic carbocycles. The van der Waals surface area contributed by atoms with Gasteiger partial charge < -0.3 is 0 Å². The van der Waals surface area contributed by atoms with E-state index in [1.807, 2.05) is 0 Å². The molecule has 0 saturated carbocycles. The molecule has 3 heteroatoms. The molecule has 0 aromatic rings. The summed E-state index contributed by atoms with van der Waals surface area (Å²) >= 11 is 0. The second kappa shape index (κ2) is 5.10. The van der Waals surface area contributed by atoms with Gasteiger partial charge in [0.25, 0.3) is 11.8 Å². The summed E-state index contributed by atoms with van der Waals surface area (Å²) in [5.41, 5.74) is 0.559. The van der Waals surface area contributed by atoms with Crippen LogP contribution in [0.4, 0.5) is 0 Å². The smallest absolute Gasteiger partial charge is 0.256 e. The van der Waals surface area contributed by atoms with E-state index in [4.69, 9.17) is 0 Å². The Morgan fingerprint density at radius 1 is 1.27 bits per heavy atom.